The number of rotatable bonds is 8. The maximum atomic E-state index is 10.7. The number of halogens is 1. The van der Waals surface area contributed by atoms with E-state index in [2.05, 4.69) is 25.6 Å². The van der Waals surface area contributed by atoms with Gasteiger partial charge in [0.1, 0.15) is 22.4 Å². The Morgan fingerprint density at radius 1 is 1.23 bits per heavy atom. The predicted molar refractivity (Wildman–Crippen MR) is 139 cm³/mol. The lowest BCUT2D eigenvalue weighted by Crippen LogP contribution is -2.40. The van der Waals surface area contributed by atoms with Gasteiger partial charge in [-0.25, -0.2) is 9.97 Å². The highest BCUT2D eigenvalue weighted by Crippen LogP contribution is 2.39. The van der Waals surface area contributed by atoms with Crippen LogP contribution >= 0.6 is 23.7 Å². The van der Waals surface area contributed by atoms with Crippen molar-refractivity contribution in [2.24, 2.45) is 5.92 Å². The van der Waals surface area contributed by atoms with E-state index in [1.165, 1.54) is 11.3 Å². The molecule has 0 radical (unpaired) electrons. The smallest absolute Gasteiger partial charge is 0.224 e. The third kappa shape index (κ3) is 5.82. The van der Waals surface area contributed by atoms with Crippen LogP contribution in [0.25, 0.3) is 20.8 Å². The Hall–Kier alpha value is -2.15. The number of nitrogens with zero attached hydrogens (tertiary/aromatic N) is 4. The molecule has 3 aromatic rings. The molecular weight excluding hydrogens is 492 g/mol. The molecule has 192 valence electrons. The van der Waals surface area contributed by atoms with Crippen molar-refractivity contribution >= 4 is 45.7 Å². The maximum absolute atomic E-state index is 10.7. The lowest BCUT2D eigenvalue weighted by Gasteiger charge is -2.28. The van der Waals surface area contributed by atoms with E-state index in [1.807, 2.05) is 19.9 Å². The minimum Gasteiger partial charge on any atom is -0.390 e. The highest BCUT2D eigenvalue weighted by atomic mass is 35.5. The van der Waals surface area contributed by atoms with E-state index >= 15 is 0 Å². The highest BCUT2D eigenvalue weighted by Gasteiger charge is 2.47. The fourth-order valence-electron chi connectivity index (χ4n) is 4.20. The predicted octanol–water partition coefficient (Wildman–Crippen LogP) is 2.62. The summed E-state index contributed by atoms with van der Waals surface area (Å²) in [6, 6.07) is 1.41. The molecule has 3 aromatic heterocycles. The third-order valence-electron chi connectivity index (χ3n) is 6.37. The van der Waals surface area contributed by atoms with Crippen LogP contribution in [-0.4, -0.2) is 78.9 Å². The van der Waals surface area contributed by atoms with E-state index in [0.717, 1.165) is 20.9 Å². The number of nitrogens with one attached hydrogen (secondary N) is 2. The van der Waals surface area contributed by atoms with Crippen LogP contribution in [0, 0.1) is 12.8 Å². The van der Waals surface area contributed by atoms with Crippen molar-refractivity contribution in [1.82, 2.24) is 19.9 Å². The average Bonchev–Trinajstić information content (AvgIpc) is 3.35. The van der Waals surface area contributed by atoms with Crippen LogP contribution in [0.3, 0.4) is 0 Å². The molecule has 1 saturated carbocycles. The van der Waals surface area contributed by atoms with Gasteiger partial charge < -0.3 is 30.7 Å². The van der Waals surface area contributed by atoms with Gasteiger partial charge in [0.15, 0.2) is 0 Å². The van der Waals surface area contributed by atoms with Gasteiger partial charge in [0.05, 0.1) is 39.8 Å². The standard InChI is InChI=1S/C23H32N6O4S.ClH/c1-11(33-5)9-25-22-26-10-13(21-28-17-12(2)24-7-6-16(17)34-21)20(29-22)27-15-8-14(23(3,4)32)18(30)19(15)31;/h6-7,10-11,14-15,18-19,30-32H,8-9H2,1-5H3,(H2,25,26,27,29);1H/t11-,14+,15-,18-,19+;/m1./s1. The summed E-state index contributed by atoms with van der Waals surface area (Å²) in [5, 5.41) is 38.9. The number of pyridine rings is 1. The first-order valence-corrected chi connectivity index (χ1v) is 12.1. The van der Waals surface area contributed by atoms with E-state index in [0.29, 0.717) is 30.3 Å². The number of aromatic nitrogens is 4. The van der Waals surface area contributed by atoms with Gasteiger partial charge in [-0.15, -0.1) is 23.7 Å². The summed E-state index contributed by atoms with van der Waals surface area (Å²) in [6.45, 7) is 7.65. The SMILES string of the molecule is CO[C@H](C)CNc1ncc(-c2nc3c(C)nccc3s2)c(N[C@@H]2C[C@H](C(C)(C)O)[C@@H](O)[C@H]2O)n1.Cl. The topological polar surface area (TPSA) is 146 Å². The Morgan fingerprint density at radius 2 is 1.97 bits per heavy atom. The van der Waals surface area contributed by atoms with Crippen molar-refractivity contribution in [3.05, 3.63) is 24.2 Å². The molecule has 10 nitrogen and oxygen atoms in total. The molecule has 0 spiro atoms. The number of fused-ring (bicyclic) bond motifs is 1. The third-order valence-corrected chi connectivity index (χ3v) is 7.43. The number of anilines is 2. The van der Waals surface area contributed by atoms with Gasteiger partial charge in [0.2, 0.25) is 5.95 Å². The molecule has 3 heterocycles. The Bertz CT molecular complexity index is 1160. The van der Waals surface area contributed by atoms with Crippen LogP contribution in [0.4, 0.5) is 11.8 Å². The largest absolute Gasteiger partial charge is 0.390 e. The van der Waals surface area contributed by atoms with Gasteiger partial charge in [-0.3, -0.25) is 4.98 Å². The summed E-state index contributed by atoms with van der Waals surface area (Å²) < 4.78 is 6.29. The van der Waals surface area contributed by atoms with E-state index in [-0.39, 0.29) is 18.5 Å². The van der Waals surface area contributed by atoms with Crippen molar-refractivity contribution in [1.29, 1.82) is 0 Å². The van der Waals surface area contributed by atoms with Crippen molar-refractivity contribution in [3.63, 3.8) is 0 Å². The zero-order chi connectivity index (χ0) is 24.6. The van der Waals surface area contributed by atoms with E-state index in [4.69, 9.17) is 9.72 Å². The summed E-state index contributed by atoms with van der Waals surface area (Å²) in [5.74, 6) is 0.405. The minimum atomic E-state index is -1.13. The lowest BCUT2D eigenvalue weighted by atomic mass is 9.88. The molecule has 12 heteroatoms. The van der Waals surface area contributed by atoms with Gasteiger partial charge in [0, 0.05) is 32.0 Å². The molecule has 5 N–H and O–H groups in total. The Labute approximate surface area is 214 Å². The second-order valence-corrected chi connectivity index (χ2v) is 10.4. The molecular formula is C23H33ClN6O4S. The summed E-state index contributed by atoms with van der Waals surface area (Å²) in [5.41, 5.74) is 1.21. The fourth-order valence-corrected chi connectivity index (χ4v) is 5.23. The molecule has 35 heavy (non-hydrogen) atoms. The Kier molecular flexibility index (Phi) is 8.51. The minimum absolute atomic E-state index is 0. The van der Waals surface area contributed by atoms with E-state index < -0.39 is 29.8 Å². The zero-order valence-electron chi connectivity index (χ0n) is 20.4. The number of aliphatic hydroxyl groups is 3. The summed E-state index contributed by atoms with van der Waals surface area (Å²) in [7, 11) is 1.64. The number of ether oxygens (including phenoxy) is 1. The lowest BCUT2D eigenvalue weighted by molar-refractivity contribution is -0.0601. The molecule has 0 unspecified atom stereocenters. The number of aliphatic hydroxyl groups excluding tert-OH is 2. The van der Waals surface area contributed by atoms with Crippen LogP contribution in [-0.2, 0) is 4.74 Å². The molecule has 0 saturated heterocycles. The normalized spacial score (nSPS) is 23.2. The van der Waals surface area contributed by atoms with Gasteiger partial charge in [0.25, 0.3) is 0 Å². The monoisotopic (exact) mass is 524 g/mol. The second kappa shape index (κ2) is 10.9. The zero-order valence-corrected chi connectivity index (χ0v) is 22.0. The maximum Gasteiger partial charge on any atom is 0.224 e. The number of thiazole rings is 1. The van der Waals surface area contributed by atoms with Crippen molar-refractivity contribution in [2.75, 3.05) is 24.3 Å². The van der Waals surface area contributed by atoms with E-state index in [1.54, 1.807) is 33.4 Å². The molecule has 1 aliphatic carbocycles. The van der Waals surface area contributed by atoms with E-state index in [9.17, 15) is 15.3 Å². The first-order valence-electron chi connectivity index (χ1n) is 11.3. The van der Waals surface area contributed by atoms with Crippen LogP contribution in [0.2, 0.25) is 0 Å². The molecule has 0 aromatic carbocycles. The van der Waals surface area contributed by atoms with Gasteiger partial charge in [-0.2, -0.15) is 4.98 Å². The van der Waals surface area contributed by atoms with Crippen molar-refractivity contribution in [3.8, 4) is 10.6 Å². The van der Waals surface area contributed by atoms with Gasteiger partial charge in [-0.1, -0.05) is 0 Å². The molecule has 0 bridgehead atoms. The van der Waals surface area contributed by atoms with Gasteiger partial charge >= 0.3 is 0 Å². The van der Waals surface area contributed by atoms with Gasteiger partial charge in [-0.05, 0) is 40.2 Å². The highest BCUT2D eigenvalue weighted by molar-refractivity contribution is 7.21. The quantitative estimate of drug-likeness (QED) is 0.298. The number of hydrogen-bond donors (Lipinski definition) is 5. The first kappa shape index (κ1) is 27.4. The van der Waals surface area contributed by atoms with Crippen molar-refractivity contribution < 1.29 is 20.1 Å². The average molecular weight is 525 g/mol. The molecule has 4 rings (SSSR count). The number of methoxy groups -OCH3 is 1. The summed E-state index contributed by atoms with van der Waals surface area (Å²) >= 11 is 1.51. The Balaban J connectivity index is 0.00000342. The second-order valence-electron chi connectivity index (χ2n) is 9.37. The summed E-state index contributed by atoms with van der Waals surface area (Å²) in [4.78, 5) is 18.2. The molecule has 0 aliphatic heterocycles. The molecule has 5 atom stereocenters. The molecule has 0 amide bonds. The van der Waals surface area contributed by atoms with Crippen molar-refractivity contribution in [2.45, 2.75) is 64.1 Å². The van der Waals surface area contributed by atoms with Crippen LogP contribution in [0.5, 0.6) is 0 Å². The first-order chi connectivity index (χ1) is 16.1. The number of hydrogen-bond acceptors (Lipinski definition) is 11. The molecule has 1 aliphatic rings. The van der Waals surface area contributed by atoms with Crippen LogP contribution in [0.1, 0.15) is 32.9 Å². The van der Waals surface area contributed by atoms with Crippen LogP contribution < -0.4 is 10.6 Å². The Morgan fingerprint density at radius 3 is 2.60 bits per heavy atom. The number of aryl methyl sites for hydroxylation is 1. The van der Waals surface area contributed by atoms with Crippen LogP contribution in [0.15, 0.2) is 18.5 Å². The summed E-state index contributed by atoms with van der Waals surface area (Å²) in [6.07, 6.45) is 1.68. The molecule has 1 fully saturated rings. The fraction of sp³-hybridized carbons (Fsp3) is 0.565.